The summed E-state index contributed by atoms with van der Waals surface area (Å²) < 4.78 is 151. The number of nitrogens with zero attached hydrogens (tertiary/aromatic N) is 2. The van der Waals surface area contributed by atoms with E-state index in [0.29, 0.717) is 0 Å². The fourth-order valence-electron chi connectivity index (χ4n) is 3.45. The van der Waals surface area contributed by atoms with Crippen LogP contribution in [0.15, 0.2) is 24.3 Å². The molecule has 0 spiro atoms. The van der Waals surface area contributed by atoms with Gasteiger partial charge in [-0.1, -0.05) is 24.3 Å². The van der Waals surface area contributed by atoms with E-state index in [0.717, 1.165) is 0 Å². The van der Waals surface area contributed by atoms with E-state index in [1.807, 2.05) is 0 Å². The van der Waals surface area contributed by atoms with E-state index in [9.17, 15) is 52.7 Å². The Kier molecular flexibility index (Phi) is 7.55. The number of piperazine rings is 3. The summed E-state index contributed by atoms with van der Waals surface area (Å²) in [5.74, 6) is 0. The van der Waals surface area contributed by atoms with Crippen molar-refractivity contribution >= 4 is 0 Å². The quantitative estimate of drug-likeness (QED) is 0.579. The molecule has 0 radical (unpaired) electrons. The van der Waals surface area contributed by atoms with Gasteiger partial charge in [-0.2, -0.15) is 52.7 Å². The van der Waals surface area contributed by atoms with Crippen molar-refractivity contribution in [2.75, 3.05) is 39.3 Å². The Morgan fingerprint density at radius 2 is 0.618 bits per heavy atom. The molecule has 3 saturated heterocycles. The van der Waals surface area contributed by atoms with E-state index >= 15 is 0 Å². The lowest BCUT2D eigenvalue weighted by Crippen LogP contribution is -2.55. The molecule has 2 bridgehead atoms. The highest BCUT2D eigenvalue weighted by atomic mass is 19.4. The lowest BCUT2D eigenvalue weighted by Gasteiger charge is -2.41. The van der Waals surface area contributed by atoms with Crippen LogP contribution in [0.3, 0.4) is 0 Å². The van der Waals surface area contributed by atoms with Gasteiger partial charge in [0.2, 0.25) is 0 Å². The Bertz CT molecular complexity index is 714. The normalized spacial score (nSPS) is 22.3. The van der Waals surface area contributed by atoms with E-state index in [2.05, 4.69) is 9.80 Å². The van der Waals surface area contributed by atoms with Crippen LogP contribution >= 0.6 is 0 Å². The summed E-state index contributed by atoms with van der Waals surface area (Å²) >= 11 is 0. The summed E-state index contributed by atoms with van der Waals surface area (Å²) in [6.07, 6.45) is -25.6. The topological polar surface area (TPSA) is 46.9 Å². The van der Waals surface area contributed by atoms with Gasteiger partial charge in [-0.25, -0.2) is 0 Å². The Hall–Kier alpha value is -1.78. The smallest absolute Gasteiger partial charge is 0.369 e. The van der Waals surface area contributed by atoms with Gasteiger partial charge >= 0.3 is 24.7 Å². The Morgan fingerprint density at radius 3 is 0.735 bits per heavy atom. The van der Waals surface area contributed by atoms with Crippen molar-refractivity contribution < 1.29 is 62.9 Å². The molecule has 3 aliphatic heterocycles. The van der Waals surface area contributed by atoms with Crippen LogP contribution in [-0.4, -0.2) is 84.0 Å². The highest BCUT2D eigenvalue weighted by molar-refractivity contribution is 5.34. The summed E-state index contributed by atoms with van der Waals surface area (Å²) in [5.41, 5.74) is -15.3. The van der Waals surface area contributed by atoms with Crippen LogP contribution in [-0.2, 0) is 11.2 Å². The molecule has 16 heteroatoms. The predicted molar refractivity (Wildman–Crippen MR) is 91.3 cm³/mol. The fourth-order valence-corrected chi connectivity index (χ4v) is 3.45. The predicted octanol–water partition coefficient (Wildman–Crippen LogP) is 3.93. The second-order valence-corrected chi connectivity index (χ2v) is 7.67. The second-order valence-electron chi connectivity index (χ2n) is 7.67. The largest absolute Gasteiger partial charge is 0.430 e. The summed E-state index contributed by atoms with van der Waals surface area (Å²) in [4.78, 5) is 5.08. The number of rotatable bonds is 2. The van der Waals surface area contributed by atoms with Crippen LogP contribution in [0, 0.1) is 0 Å². The van der Waals surface area contributed by atoms with Crippen LogP contribution in [0.4, 0.5) is 52.7 Å². The molecule has 0 atom stereocenters. The molecular formula is C18H18F12N2O2. The van der Waals surface area contributed by atoms with E-state index < -0.39 is 71.3 Å². The zero-order chi connectivity index (χ0) is 26.4. The molecule has 34 heavy (non-hydrogen) atoms. The number of halogens is 12. The van der Waals surface area contributed by atoms with Gasteiger partial charge in [0.1, 0.15) is 0 Å². The van der Waals surface area contributed by atoms with Crippen molar-refractivity contribution in [2.24, 2.45) is 0 Å². The average molecular weight is 522 g/mol. The zero-order valence-corrected chi connectivity index (χ0v) is 16.9. The van der Waals surface area contributed by atoms with Crippen LogP contribution in [0.2, 0.25) is 0 Å². The number of aliphatic hydroxyl groups is 2. The lowest BCUT2D eigenvalue weighted by molar-refractivity contribution is -0.378. The maximum absolute atomic E-state index is 12.6. The van der Waals surface area contributed by atoms with E-state index in [1.165, 1.54) is 39.3 Å². The summed E-state index contributed by atoms with van der Waals surface area (Å²) in [6.45, 7) is 7.92. The third-order valence-corrected chi connectivity index (χ3v) is 5.56. The van der Waals surface area contributed by atoms with Gasteiger partial charge in [-0.3, -0.25) is 9.80 Å². The van der Waals surface area contributed by atoms with Crippen molar-refractivity contribution in [2.45, 2.75) is 35.9 Å². The van der Waals surface area contributed by atoms with Gasteiger partial charge in [0.05, 0.1) is 0 Å². The third kappa shape index (κ3) is 5.09. The van der Waals surface area contributed by atoms with Crippen LogP contribution < -0.4 is 0 Å². The summed E-state index contributed by atoms with van der Waals surface area (Å²) in [6, 6.07) is -1.78. The molecule has 3 aliphatic rings. The van der Waals surface area contributed by atoms with Crippen LogP contribution in [0.1, 0.15) is 11.1 Å². The fraction of sp³-hybridized carbons (Fsp3) is 0.667. The maximum atomic E-state index is 12.6. The third-order valence-electron chi connectivity index (χ3n) is 5.56. The molecule has 1 aromatic rings. The standard InChI is InChI=1S/C12H6F12O2.C6H12N2/c13-9(14,15)7(25,10(16,17)18)5-1-2-6(4-3-5)8(26,11(19,20)21)12(22,23)24;1-2-8-5-3-7(1)4-6-8/h1-4,25-26H;1-6H2. The van der Waals surface area contributed by atoms with Crippen molar-refractivity contribution in [3.8, 4) is 0 Å². The van der Waals surface area contributed by atoms with Crippen molar-refractivity contribution in [3.05, 3.63) is 35.4 Å². The maximum Gasteiger partial charge on any atom is 0.430 e. The SMILES string of the molecule is C1CN2CCN1CC2.OC(c1ccc(C(O)(C(F)(F)F)C(F)(F)F)cc1)(C(F)(F)F)C(F)(F)F. The highest BCUT2D eigenvalue weighted by Crippen LogP contribution is 2.52. The number of fused-ring (bicyclic) bond motifs is 3. The first-order valence-electron chi connectivity index (χ1n) is 9.43. The van der Waals surface area contributed by atoms with Crippen LogP contribution in [0.5, 0.6) is 0 Å². The van der Waals surface area contributed by atoms with Gasteiger partial charge in [0, 0.05) is 50.4 Å². The van der Waals surface area contributed by atoms with E-state index in [-0.39, 0.29) is 0 Å². The molecule has 4 rings (SSSR count). The number of benzene rings is 1. The molecular weight excluding hydrogens is 504 g/mol. The van der Waals surface area contributed by atoms with Gasteiger partial charge < -0.3 is 10.2 Å². The second kappa shape index (κ2) is 9.02. The average Bonchev–Trinajstić information content (AvgIpc) is 2.71. The van der Waals surface area contributed by atoms with Crippen LogP contribution in [0.25, 0.3) is 0 Å². The first-order valence-corrected chi connectivity index (χ1v) is 9.43. The number of hydrogen-bond donors (Lipinski definition) is 2. The van der Waals surface area contributed by atoms with E-state index in [1.54, 1.807) is 0 Å². The first-order chi connectivity index (χ1) is 15.2. The zero-order valence-electron chi connectivity index (χ0n) is 16.9. The molecule has 196 valence electrons. The van der Waals surface area contributed by atoms with Gasteiger partial charge in [0.25, 0.3) is 11.2 Å². The monoisotopic (exact) mass is 522 g/mol. The molecule has 3 heterocycles. The summed E-state index contributed by atoms with van der Waals surface area (Å²) in [5, 5.41) is 18.0. The molecule has 0 unspecified atom stereocenters. The summed E-state index contributed by atoms with van der Waals surface area (Å²) in [7, 11) is 0. The molecule has 0 saturated carbocycles. The lowest BCUT2D eigenvalue weighted by atomic mass is 9.87. The number of hydrogen-bond acceptors (Lipinski definition) is 4. The molecule has 3 fully saturated rings. The van der Waals surface area contributed by atoms with Gasteiger partial charge in [-0.15, -0.1) is 0 Å². The van der Waals surface area contributed by atoms with Gasteiger partial charge in [0.15, 0.2) is 0 Å². The molecule has 4 nitrogen and oxygen atoms in total. The molecule has 0 aromatic heterocycles. The Morgan fingerprint density at radius 1 is 0.441 bits per heavy atom. The first kappa shape index (κ1) is 28.5. The molecule has 1 aromatic carbocycles. The number of alkyl halides is 12. The van der Waals surface area contributed by atoms with Crippen molar-refractivity contribution in [1.29, 1.82) is 0 Å². The molecule has 2 N–H and O–H groups in total. The van der Waals surface area contributed by atoms with Gasteiger partial charge in [-0.05, 0) is 0 Å². The minimum atomic E-state index is -6.39. The minimum absolute atomic E-state index is 0.446. The highest BCUT2D eigenvalue weighted by Gasteiger charge is 2.73. The minimum Gasteiger partial charge on any atom is -0.369 e. The Balaban J connectivity index is 0.000000420. The van der Waals surface area contributed by atoms with Crippen molar-refractivity contribution in [1.82, 2.24) is 9.80 Å². The molecule has 0 aliphatic carbocycles. The van der Waals surface area contributed by atoms with Crippen molar-refractivity contribution in [3.63, 3.8) is 0 Å². The van der Waals surface area contributed by atoms with E-state index in [4.69, 9.17) is 10.2 Å². The molecule has 0 amide bonds. The Labute approximate surface area is 184 Å².